The molecule has 29 heavy (non-hydrogen) atoms. The van der Waals surface area contributed by atoms with Crippen LogP contribution in [0.15, 0.2) is 30.3 Å². The van der Waals surface area contributed by atoms with Gasteiger partial charge in [0, 0.05) is 36.1 Å². The number of fused-ring (bicyclic) bond motifs is 1. The largest absolute Gasteiger partial charge is 0.468 e. The van der Waals surface area contributed by atoms with Crippen molar-refractivity contribution < 1.29 is 23.2 Å². The summed E-state index contributed by atoms with van der Waals surface area (Å²) in [6, 6.07) is 7.69. The molecule has 1 amide bonds. The molecule has 1 atom stereocenters. The lowest BCUT2D eigenvalue weighted by Gasteiger charge is -2.33. The number of benzene rings is 1. The lowest BCUT2D eigenvalue weighted by molar-refractivity contribution is -0.147. The average molecular weight is 438 g/mol. The van der Waals surface area contributed by atoms with Gasteiger partial charge in [-0.05, 0) is 42.5 Å². The van der Waals surface area contributed by atoms with E-state index in [-0.39, 0.29) is 6.09 Å². The zero-order valence-electron chi connectivity index (χ0n) is 18.7. The van der Waals surface area contributed by atoms with Crippen molar-refractivity contribution in [2.45, 2.75) is 31.8 Å². The predicted octanol–water partition coefficient (Wildman–Crippen LogP) is 4.27. The maximum Gasteiger partial charge on any atom is 0.416 e. The zero-order valence-corrected chi connectivity index (χ0v) is 17.3. The van der Waals surface area contributed by atoms with Gasteiger partial charge in [0.15, 0.2) is 5.06 Å². The Kier molecular flexibility index (Phi) is 5.02. The van der Waals surface area contributed by atoms with Crippen molar-refractivity contribution in [1.82, 2.24) is 9.80 Å². The summed E-state index contributed by atoms with van der Waals surface area (Å²) in [5, 5.41) is 0.879. The Morgan fingerprint density at radius 1 is 1.24 bits per heavy atom. The van der Waals surface area contributed by atoms with E-state index in [0.717, 1.165) is 23.3 Å². The smallest absolute Gasteiger partial charge is 0.416 e. The standard InChI is InChI=1S/C21H23ClN2O4S/c1-27-20(25)19(15-6-2-3-7-16(15)22)24-11-8-17-14(13-24)12-18(29-17)28-21(26)23-9-4-5-10-23/h2-3,6-7,12,19H,4-5,8-11,13H2,1H3/t19-/m0/s1/i1D3. The Labute approximate surface area is 183 Å². The number of ether oxygens (including phenoxy) is 2. The third kappa shape index (κ3) is 4.27. The average Bonchev–Trinajstić information content (AvgIpc) is 3.37. The number of thiophene rings is 1. The molecule has 0 saturated carbocycles. The minimum atomic E-state index is -2.85. The van der Waals surface area contributed by atoms with Gasteiger partial charge >= 0.3 is 12.1 Å². The summed E-state index contributed by atoms with van der Waals surface area (Å²) < 4.78 is 32.3. The molecule has 154 valence electrons. The van der Waals surface area contributed by atoms with Crippen LogP contribution in [0.4, 0.5) is 4.79 Å². The highest BCUT2D eigenvalue weighted by Gasteiger charge is 2.33. The Bertz CT molecular complexity index is 1010. The fourth-order valence-electron chi connectivity index (χ4n) is 3.87. The molecule has 1 aromatic carbocycles. The maximum atomic E-state index is 12.9. The second-order valence-electron chi connectivity index (χ2n) is 7.14. The molecule has 8 heteroatoms. The minimum Gasteiger partial charge on any atom is -0.468 e. The highest BCUT2D eigenvalue weighted by molar-refractivity contribution is 7.14. The van der Waals surface area contributed by atoms with Crippen molar-refractivity contribution in [2.24, 2.45) is 0 Å². The van der Waals surface area contributed by atoms with Crippen LogP contribution in [0.3, 0.4) is 0 Å². The SMILES string of the molecule is [2H]C([2H])([2H])OC(=O)[C@H](c1ccccc1Cl)N1CCc2sc(OC(=O)N3CCCC3)cc2C1. The molecule has 0 radical (unpaired) electrons. The highest BCUT2D eigenvalue weighted by Crippen LogP contribution is 2.38. The van der Waals surface area contributed by atoms with Crippen molar-refractivity contribution >= 4 is 35.0 Å². The van der Waals surface area contributed by atoms with Gasteiger partial charge in [-0.1, -0.05) is 29.8 Å². The summed E-state index contributed by atoms with van der Waals surface area (Å²) in [6.07, 6.45) is 2.26. The Morgan fingerprint density at radius 2 is 2.03 bits per heavy atom. The molecular weight excluding hydrogens is 412 g/mol. The molecule has 0 spiro atoms. The van der Waals surface area contributed by atoms with Crippen LogP contribution in [-0.2, 0) is 22.5 Å². The first-order valence-electron chi connectivity index (χ1n) is 11.0. The van der Waals surface area contributed by atoms with E-state index >= 15 is 0 Å². The second-order valence-corrected chi connectivity index (χ2v) is 8.65. The van der Waals surface area contributed by atoms with Crippen LogP contribution in [0.5, 0.6) is 5.06 Å². The monoisotopic (exact) mass is 437 g/mol. The molecule has 0 bridgehead atoms. The number of nitrogens with zero attached hydrogens (tertiary/aromatic N) is 2. The van der Waals surface area contributed by atoms with E-state index in [4.69, 9.17) is 25.2 Å². The molecular formula is C21H23ClN2O4S. The van der Waals surface area contributed by atoms with E-state index < -0.39 is 19.0 Å². The topological polar surface area (TPSA) is 59.1 Å². The molecule has 3 heterocycles. The van der Waals surface area contributed by atoms with Gasteiger partial charge in [-0.3, -0.25) is 4.90 Å². The van der Waals surface area contributed by atoms with Gasteiger partial charge in [0.1, 0.15) is 6.04 Å². The molecule has 0 aliphatic carbocycles. The molecule has 2 aliphatic rings. The Morgan fingerprint density at radius 3 is 2.79 bits per heavy atom. The molecule has 6 nitrogen and oxygen atoms in total. The number of carbonyl (C=O) groups is 2. The van der Waals surface area contributed by atoms with Gasteiger partial charge in [0.25, 0.3) is 0 Å². The molecule has 1 aromatic heterocycles. The van der Waals surface area contributed by atoms with Gasteiger partial charge in [-0.15, -0.1) is 11.3 Å². The van der Waals surface area contributed by atoms with Crippen LogP contribution in [0, 0.1) is 0 Å². The van der Waals surface area contributed by atoms with E-state index in [1.165, 1.54) is 11.3 Å². The number of esters is 1. The quantitative estimate of drug-likeness (QED) is 0.668. The number of likely N-dealkylation sites (tertiary alicyclic amines) is 1. The number of hydrogen-bond donors (Lipinski definition) is 0. The molecule has 0 unspecified atom stereocenters. The lowest BCUT2D eigenvalue weighted by Crippen LogP contribution is -2.38. The maximum absolute atomic E-state index is 12.9. The second kappa shape index (κ2) is 8.73. The number of rotatable bonds is 4. The van der Waals surface area contributed by atoms with E-state index in [9.17, 15) is 9.59 Å². The van der Waals surface area contributed by atoms with Crippen molar-refractivity contribution in [3.05, 3.63) is 51.4 Å². The van der Waals surface area contributed by atoms with Crippen LogP contribution < -0.4 is 4.74 Å². The normalized spacial score (nSPS) is 19.6. The summed E-state index contributed by atoms with van der Waals surface area (Å²) >= 11 is 7.77. The molecule has 4 rings (SSSR count). The predicted molar refractivity (Wildman–Crippen MR) is 111 cm³/mol. The van der Waals surface area contributed by atoms with Crippen LogP contribution >= 0.6 is 22.9 Å². The van der Waals surface area contributed by atoms with E-state index in [1.54, 1.807) is 29.2 Å². The number of amides is 1. The van der Waals surface area contributed by atoms with Gasteiger partial charge < -0.3 is 14.4 Å². The zero-order chi connectivity index (χ0) is 22.9. The summed E-state index contributed by atoms with van der Waals surface area (Å²) in [7, 11) is -2.85. The minimum absolute atomic E-state index is 0.340. The number of methoxy groups -OCH3 is 1. The van der Waals surface area contributed by atoms with Crippen molar-refractivity contribution in [3.8, 4) is 5.06 Å². The fraction of sp³-hybridized carbons (Fsp3) is 0.429. The number of halogens is 1. The van der Waals surface area contributed by atoms with Gasteiger partial charge in [0.05, 0.1) is 11.2 Å². The molecule has 2 aromatic rings. The van der Waals surface area contributed by atoms with Crippen LogP contribution in [0.2, 0.25) is 5.02 Å². The Hall–Kier alpha value is -2.09. The van der Waals surface area contributed by atoms with Crippen LogP contribution in [0.25, 0.3) is 0 Å². The summed E-state index contributed by atoms with van der Waals surface area (Å²) in [5.41, 5.74) is 1.42. The first-order valence-corrected chi connectivity index (χ1v) is 10.7. The third-order valence-corrected chi connectivity index (χ3v) is 6.77. The number of hydrogen-bond acceptors (Lipinski definition) is 6. The van der Waals surface area contributed by atoms with Crippen LogP contribution in [0.1, 0.15) is 39.0 Å². The van der Waals surface area contributed by atoms with Gasteiger partial charge in [-0.25, -0.2) is 9.59 Å². The molecule has 2 aliphatic heterocycles. The fourth-order valence-corrected chi connectivity index (χ4v) is 5.12. The number of carbonyl (C=O) groups excluding carboxylic acids is 2. The molecule has 0 N–H and O–H groups in total. The molecule has 1 fully saturated rings. The Balaban J connectivity index is 1.54. The summed E-state index contributed by atoms with van der Waals surface area (Å²) in [5.74, 6) is -0.877. The van der Waals surface area contributed by atoms with Crippen molar-refractivity contribution in [2.75, 3.05) is 26.7 Å². The first-order chi connectivity index (χ1) is 15.2. The van der Waals surface area contributed by atoms with E-state index in [1.807, 2.05) is 11.0 Å². The van der Waals surface area contributed by atoms with E-state index in [0.29, 0.717) is 48.2 Å². The van der Waals surface area contributed by atoms with E-state index in [2.05, 4.69) is 0 Å². The van der Waals surface area contributed by atoms with Gasteiger partial charge in [-0.2, -0.15) is 0 Å². The lowest BCUT2D eigenvalue weighted by atomic mass is 10.0. The third-order valence-electron chi connectivity index (χ3n) is 5.31. The van der Waals surface area contributed by atoms with Crippen molar-refractivity contribution in [1.29, 1.82) is 0 Å². The van der Waals surface area contributed by atoms with Gasteiger partial charge in [0.2, 0.25) is 0 Å². The van der Waals surface area contributed by atoms with Crippen LogP contribution in [-0.4, -0.2) is 48.5 Å². The van der Waals surface area contributed by atoms with Crippen molar-refractivity contribution in [3.63, 3.8) is 0 Å². The summed E-state index contributed by atoms with van der Waals surface area (Å²) in [6.45, 7) is 2.30. The summed E-state index contributed by atoms with van der Waals surface area (Å²) in [4.78, 5) is 29.8. The highest BCUT2D eigenvalue weighted by atomic mass is 35.5. The first kappa shape index (κ1) is 16.7. The molecule has 1 saturated heterocycles.